The number of hydrogen-bond acceptors (Lipinski definition) is 31. The fourth-order valence-corrected chi connectivity index (χ4v) is 15.4. The van der Waals surface area contributed by atoms with Crippen molar-refractivity contribution in [2.75, 3.05) is 6.61 Å². The van der Waals surface area contributed by atoms with Crippen molar-refractivity contribution in [1.29, 1.82) is 0 Å². The first-order valence-corrected chi connectivity index (χ1v) is 37.8. The Labute approximate surface area is 687 Å². The standard InChI is InChI=1S/C79H78Cl2N8O31/c1-26-61(97)63(99)51(24-90)117-77(26)120-69-49-19-34-20-50(69)115-46-11-7-32(17-41(46)81)68(119-78-59(83-28(3)92)65(101)64(100)52(25-91)118-78)60-75(109)88-58(76(110)111)39-22-36(94)23-48(116-79-67(103)66(102)62(98)27(2)112-79)53(39)38-16-31(6-8-43(38)95)55(72(106)89-60)86-74(108)57(34)87-73(107)56-33-14-35(93)21-37(15-33)113-47-18-30(5-9-44(47)96)54(82)71(105)84-42(70(104)85-56)13-29-4-10-45(114-49)40(80)12-29/h4-12,14-24,26-27,42,51-52,54-68,77-79,91,93-103H,13,25,82H2,1-3H3,(H,83,92)(H,84,105)(H,85,104)(H,86,108)(H,87,107)(H,88,109)(H,89,106)(H,110,111). The van der Waals surface area contributed by atoms with E-state index in [0.717, 1.165) is 91.9 Å². The Kier molecular flexibility index (Phi) is 24.1. The van der Waals surface area contributed by atoms with Crippen molar-refractivity contribution < 1.29 is 152 Å². The smallest absolute Gasteiger partial charge is 0.330 e. The minimum Gasteiger partial charge on any atom is -0.508 e. The normalized spacial score (nSPS) is 30.6. The van der Waals surface area contributed by atoms with Gasteiger partial charge < -0.3 is 157 Å². The molecule has 16 rings (SSSR count). The largest absolute Gasteiger partial charge is 0.508 e. The zero-order chi connectivity index (χ0) is 86.0. The van der Waals surface area contributed by atoms with E-state index in [2.05, 4.69) is 37.2 Å². The molecule has 0 radical (unpaired) electrons. The Balaban J connectivity index is 1.04. The predicted octanol–water partition coefficient (Wildman–Crippen LogP) is 0.408. The Morgan fingerprint density at radius 2 is 1.17 bits per heavy atom. The number of fused-ring (bicyclic) bond motifs is 14. The van der Waals surface area contributed by atoms with E-state index in [1.54, 1.807) is 0 Å². The van der Waals surface area contributed by atoms with E-state index >= 15 is 24.0 Å². The summed E-state index contributed by atoms with van der Waals surface area (Å²) in [4.78, 5) is 135. The van der Waals surface area contributed by atoms with Crippen LogP contribution < -0.4 is 66.6 Å². The number of carbonyl (C=O) groups is 9. The molecule has 3 fully saturated rings. The van der Waals surface area contributed by atoms with E-state index in [-0.39, 0.29) is 50.8 Å². The second-order valence-corrected chi connectivity index (χ2v) is 30.3. The van der Waals surface area contributed by atoms with Crippen LogP contribution in [0.15, 0.2) is 115 Å². The molecule has 0 spiro atoms. The molecule has 23 atom stereocenters. The van der Waals surface area contributed by atoms with Gasteiger partial charge in [0.2, 0.25) is 59.7 Å². The molecule has 7 aromatic rings. The van der Waals surface area contributed by atoms with Gasteiger partial charge in [0.15, 0.2) is 41.6 Å². The fraction of sp³-hybridized carbons (Fsp3) is 0.354. The number of aromatic hydroxyl groups is 4. The van der Waals surface area contributed by atoms with E-state index in [0.29, 0.717) is 0 Å². The van der Waals surface area contributed by atoms with Crippen molar-refractivity contribution in [2.45, 2.75) is 162 Å². The molecule has 9 aliphatic rings. The van der Waals surface area contributed by atoms with Crippen LogP contribution >= 0.6 is 23.2 Å². The SMILES string of the molecule is CC(=O)NC1C(OC2c3ccc(c(Cl)c3)Oc3cc4cc(c3OC3OC(C=O)C(O)C(O)C3C)Oc3ccc(cc3Cl)CC3NC(=O)C(N)c5ccc(O)c(c5)Oc5cc(O)cc(c5)C(NC3=O)C(=O)NC4C(=O)NC3C(=O)NC2C(=O)NC(C(=O)O)c2cc(O)cc(OC4OC(C)C(O)C(O)C4O)c2-c2cc3ccc2O)OC(CO)C(O)C1O. The number of phenolic OH excluding ortho intramolecular Hbond substituents is 4. The summed E-state index contributed by atoms with van der Waals surface area (Å²) in [7, 11) is 0. The number of amides is 7. The van der Waals surface area contributed by atoms with Crippen molar-refractivity contribution >= 4 is 76.8 Å². The molecule has 0 aliphatic carbocycles. The van der Waals surface area contributed by atoms with Gasteiger partial charge in [-0.1, -0.05) is 54.4 Å². The third-order valence-electron chi connectivity index (χ3n) is 21.3. The highest BCUT2D eigenvalue weighted by Gasteiger charge is 2.51. The van der Waals surface area contributed by atoms with Crippen molar-refractivity contribution in [3.8, 4) is 80.1 Å². The van der Waals surface area contributed by atoms with Gasteiger partial charge in [-0.3, -0.25) is 33.6 Å². The molecule has 634 valence electrons. The summed E-state index contributed by atoms with van der Waals surface area (Å²) >= 11 is 14.5. The summed E-state index contributed by atoms with van der Waals surface area (Å²) in [5.74, 6) is -19.3. The van der Waals surface area contributed by atoms with E-state index < -0.39 is 285 Å². The Morgan fingerprint density at radius 3 is 1.82 bits per heavy atom. The molecule has 7 amide bonds. The molecule has 7 aromatic carbocycles. The van der Waals surface area contributed by atoms with Crippen LogP contribution in [0.3, 0.4) is 0 Å². The molecule has 22 N–H and O–H groups in total. The summed E-state index contributed by atoms with van der Waals surface area (Å²) in [6.07, 6.45) is -27.1. The molecule has 120 heavy (non-hydrogen) atoms. The first-order chi connectivity index (χ1) is 57.0. The Morgan fingerprint density at radius 1 is 0.550 bits per heavy atom. The lowest BCUT2D eigenvalue weighted by Gasteiger charge is -2.44. The topological polar surface area (TPSA) is 610 Å². The van der Waals surface area contributed by atoms with Crippen LogP contribution in [0.25, 0.3) is 11.1 Å². The minimum absolute atomic E-state index is 0.0432. The van der Waals surface area contributed by atoms with Gasteiger partial charge in [0.05, 0.1) is 28.9 Å². The molecule has 17 bridgehead atoms. The number of carboxylic acid groups (broad SMARTS) is 1. The maximum Gasteiger partial charge on any atom is 0.330 e. The monoisotopic (exact) mass is 1700 g/mol. The number of hydrogen-bond donors (Lipinski definition) is 21. The molecule has 9 aliphatic heterocycles. The zero-order valence-corrected chi connectivity index (χ0v) is 64.2. The van der Waals surface area contributed by atoms with Gasteiger partial charge in [-0.05, 0) is 119 Å². The third-order valence-corrected chi connectivity index (χ3v) is 21.9. The number of ether oxygens (including phenoxy) is 9. The predicted molar refractivity (Wildman–Crippen MR) is 405 cm³/mol. The molecule has 0 saturated carbocycles. The van der Waals surface area contributed by atoms with E-state index in [1.165, 1.54) is 44.2 Å². The van der Waals surface area contributed by atoms with Crippen LogP contribution in [0.5, 0.6) is 69.0 Å². The first-order valence-electron chi connectivity index (χ1n) is 37.1. The van der Waals surface area contributed by atoms with Crippen molar-refractivity contribution in [2.24, 2.45) is 11.7 Å². The van der Waals surface area contributed by atoms with Crippen LogP contribution in [0.2, 0.25) is 10.0 Å². The summed E-state index contributed by atoms with van der Waals surface area (Å²) < 4.78 is 56.7. The highest BCUT2D eigenvalue weighted by Crippen LogP contribution is 2.51. The molecule has 39 nitrogen and oxygen atoms in total. The third kappa shape index (κ3) is 16.8. The van der Waals surface area contributed by atoms with Gasteiger partial charge >= 0.3 is 5.97 Å². The molecular weight excluding hydrogens is 1630 g/mol. The van der Waals surface area contributed by atoms with E-state index in [4.69, 9.17) is 71.6 Å². The molecule has 3 saturated heterocycles. The average Bonchev–Trinajstić information content (AvgIpc) is 0.750. The van der Waals surface area contributed by atoms with Crippen molar-refractivity contribution in [1.82, 2.24) is 37.2 Å². The number of rotatable bonds is 10. The lowest BCUT2D eigenvalue weighted by molar-refractivity contribution is -0.284. The summed E-state index contributed by atoms with van der Waals surface area (Å²) in [6, 6.07) is 3.29. The van der Waals surface area contributed by atoms with Crippen LogP contribution in [-0.4, -0.2) is 225 Å². The van der Waals surface area contributed by atoms with Crippen LogP contribution in [0, 0.1) is 5.92 Å². The number of aliphatic hydroxyl groups is 8. The zero-order valence-electron chi connectivity index (χ0n) is 62.7. The number of carbonyl (C=O) groups excluding carboxylic acids is 8. The number of aliphatic carboxylic acids is 1. The van der Waals surface area contributed by atoms with Crippen LogP contribution in [0.1, 0.15) is 96.0 Å². The minimum atomic E-state index is -2.54. The molecule has 0 aromatic heterocycles. The average molecular weight is 1710 g/mol. The van der Waals surface area contributed by atoms with E-state index in [1.807, 2.05) is 0 Å². The highest BCUT2D eigenvalue weighted by molar-refractivity contribution is 6.32. The van der Waals surface area contributed by atoms with Gasteiger partial charge in [-0.15, -0.1) is 0 Å². The number of aliphatic hydroxyl groups excluding tert-OH is 8. The number of nitrogens with two attached hydrogens (primary N) is 1. The van der Waals surface area contributed by atoms with Crippen LogP contribution in [0.4, 0.5) is 0 Å². The molecular formula is C79H78Cl2N8O31. The van der Waals surface area contributed by atoms with Crippen molar-refractivity contribution in [3.63, 3.8) is 0 Å². The van der Waals surface area contributed by atoms with Crippen molar-refractivity contribution in [3.05, 3.63) is 164 Å². The number of phenols is 4. The van der Waals surface area contributed by atoms with E-state index in [9.17, 15) is 85.6 Å². The number of benzene rings is 7. The maximum absolute atomic E-state index is 16.8. The quantitative estimate of drug-likeness (QED) is 0.0825. The lowest BCUT2D eigenvalue weighted by Crippen LogP contribution is -2.65. The summed E-state index contributed by atoms with van der Waals surface area (Å²) in [6.45, 7) is 2.55. The summed E-state index contributed by atoms with van der Waals surface area (Å²) in [5.41, 5.74) is 3.14. The van der Waals surface area contributed by atoms with Crippen LogP contribution in [-0.2, 0) is 68.5 Å². The number of aldehydes is 1. The Hall–Kier alpha value is -11.8. The maximum atomic E-state index is 16.8. The Bertz CT molecular complexity index is 5260. The fourth-order valence-electron chi connectivity index (χ4n) is 14.9. The number of nitrogens with one attached hydrogen (secondary N) is 7. The van der Waals surface area contributed by atoms with Gasteiger partial charge in [0, 0.05) is 48.1 Å². The molecule has 9 heterocycles. The van der Waals surface area contributed by atoms with Gasteiger partial charge in [-0.25, -0.2) is 4.79 Å². The first kappa shape index (κ1) is 84.7. The second-order valence-electron chi connectivity index (χ2n) is 29.5. The van der Waals surface area contributed by atoms with Gasteiger partial charge in [0.25, 0.3) is 0 Å². The summed E-state index contributed by atoms with van der Waals surface area (Å²) in [5, 5.41) is 164. The highest BCUT2D eigenvalue weighted by atomic mass is 35.5. The molecule has 23 unspecified atom stereocenters. The van der Waals surface area contributed by atoms with Gasteiger partial charge in [0.1, 0.15) is 137 Å². The lowest BCUT2D eigenvalue weighted by atomic mass is 9.89. The van der Waals surface area contributed by atoms with Gasteiger partial charge in [-0.2, -0.15) is 0 Å². The number of halogens is 2. The molecule has 41 heteroatoms. The number of carboxylic acids is 1. The second kappa shape index (κ2) is 34.2.